The van der Waals surface area contributed by atoms with Crippen molar-refractivity contribution < 1.29 is 18.7 Å². The van der Waals surface area contributed by atoms with Gasteiger partial charge in [-0.1, -0.05) is 6.07 Å². The number of benzene rings is 2. The number of amides is 2. The summed E-state index contributed by atoms with van der Waals surface area (Å²) in [5.41, 5.74) is 1.97. The molecule has 1 aliphatic heterocycles. The Morgan fingerprint density at radius 1 is 0.968 bits per heavy atom. The minimum absolute atomic E-state index is 0.169. The average Bonchev–Trinajstić information content (AvgIpc) is 3.31. The first-order chi connectivity index (χ1) is 15.1. The van der Waals surface area contributed by atoms with E-state index in [1.54, 1.807) is 54.7 Å². The van der Waals surface area contributed by atoms with Gasteiger partial charge in [0.05, 0.1) is 5.56 Å². The lowest BCUT2D eigenvalue weighted by Gasteiger charge is -2.13. The molecule has 158 valence electrons. The zero-order valence-corrected chi connectivity index (χ0v) is 16.6. The van der Waals surface area contributed by atoms with Gasteiger partial charge >= 0.3 is 0 Å². The zero-order valence-electron chi connectivity index (χ0n) is 16.6. The molecule has 2 heterocycles. The van der Waals surface area contributed by atoms with Crippen LogP contribution in [-0.4, -0.2) is 29.5 Å². The number of nitrogens with one attached hydrogen (secondary N) is 3. The molecule has 0 aliphatic carbocycles. The van der Waals surface area contributed by atoms with Gasteiger partial charge in [-0.25, -0.2) is 9.37 Å². The van der Waals surface area contributed by atoms with Crippen LogP contribution in [0.25, 0.3) is 0 Å². The van der Waals surface area contributed by atoms with Gasteiger partial charge in [0.25, 0.3) is 11.8 Å². The normalized spacial score (nSPS) is 15.3. The van der Waals surface area contributed by atoms with E-state index < -0.39 is 11.9 Å². The number of halogens is 1. The van der Waals surface area contributed by atoms with E-state index in [4.69, 9.17) is 4.74 Å². The summed E-state index contributed by atoms with van der Waals surface area (Å²) < 4.78 is 18.8. The molecule has 8 heteroatoms. The SMILES string of the molecule is O=C(Nc1ccc(NC(=O)C2CCCO2)cc1)c1cccnc1Nc1cccc(F)c1. The van der Waals surface area contributed by atoms with E-state index >= 15 is 0 Å². The van der Waals surface area contributed by atoms with Crippen molar-refractivity contribution in [3.8, 4) is 0 Å². The highest BCUT2D eigenvalue weighted by Gasteiger charge is 2.23. The van der Waals surface area contributed by atoms with Crippen molar-refractivity contribution in [2.75, 3.05) is 22.6 Å². The van der Waals surface area contributed by atoms with Crippen LogP contribution in [0.2, 0.25) is 0 Å². The second-order valence-corrected chi connectivity index (χ2v) is 7.06. The number of hydrogen-bond acceptors (Lipinski definition) is 5. The van der Waals surface area contributed by atoms with Gasteiger partial charge in [0, 0.05) is 29.9 Å². The Bertz CT molecular complexity index is 1080. The molecule has 31 heavy (non-hydrogen) atoms. The molecule has 3 aromatic rings. The summed E-state index contributed by atoms with van der Waals surface area (Å²) in [6.07, 6.45) is 2.74. The van der Waals surface area contributed by atoms with Crippen molar-refractivity contribution in [2.24, 2.45) is 0 Å². The lowest BCUT2D eigenvalue weighted by Crippen LogP contribution is -2.26. The fourth-order valence-corrected chi connectivity index (χ4v) is 3.23. The maximum absolute atomic E-state index is 13.4. The molecule has 1 atom stereocenters. The van der Waals surface area contributed by atoms with Gasteiger partial charge in [0.15, 0.2) is 0 Å². The number of carbonyl (C=O) groups excluding carboxylic acids is 2. The first kappa shape index (κ1) is 20.5. The molecule has 2 amide bonds. The van der Waals surface area contributed by atoms with Crippen LogP contribution in [0.5, 0.6) is 0 Å². The number of pyridine rings is 1. The molecule has 0 saturated carbocycles. The molecule has 4 rings (SSSR count). The highest BCUT2D eigenvalue weighted by molar-refractivity contribution is 6.08. The summed E-state index contributed by atoms with van der Waals surface area (Å²) in [4.78, 5) is 29.1. The van der Waals surface area contributed by atoms with Crippen molar-refractivity contribution in [1.29, 1.82) is 0 Å². The van der Waals surface area contributed by atoms with E-state index in [0.717, 1.165) is 12.8 Å². The number of anilines is 4. The van der Waals surface area contributed by atoms with Gasteiger partial charge in [-0.2, -0.15) is 0 Å². The Hall–Kier alpha value is -3.78. The Balaban J connectivity index is 1.42. The van der Waals surface area contributed by atoms with E-state index in [-0.39, 0.29) is 11.8 Å². The van der Waals surface area contributed by atoms with Crippen LogP contribution in [0.4, 0.5) is 27.3 Å². The highest BCUT2D eigenvalue weighted by Crippen LogP contribution is 2.22. The second-order valence-electron chi connectivity index (χ2n) is 7.06. The van der Waals surface area contributed by atoms with Crippen LogP contribution in [-0.2, 0) is 9.53 Å². The molecule has 0 bridgehead atoms. The van der Waals surface area contributed by atoms with Gasteiger partial charge in [-0.15, -0.1) is 0 Å². The molecular formula is C23H21FN4O3. The molecule has 3 N–H and O–H groups in total. The van der Waals surface area contributed by atoms with E-state index in [1.165, 1.54) is 12.1 Å². The van der Waals surface area contributed by atoms with E-state index in [2.05, 4.69) is 20.9 Å². The molecule has 1 fully saturated rings. The minimum Gasteiger partial charge on any atom is -0.368 e. The molecule has 7 nitrogen and oxygen atoms in total. The Morgan fingerprint density at radius 3 is 2.45 bits per heavy atom. The summed E-state index contributed by atoms with van der Waals surface area (Å²) in [6.45, 7) is 0.605. The number of aromatic nitrogens is 1. The van der Waals surface area contributed by atoms with Gasteiger partial charge in [0.1, 0.15) is 17.7 Å². The van der Waals surface area contributed by atoms with Crippen molar-refractivity contribution in [3.05, 3.63) is 78.2 Å². The first-order valence-corrected chi connectivity index (χ1v) is 9.90. The summed E-state index contributed by atoms with van der Waals surface area (Å²) in [7, 11) is 0. The third-order valence-electron chi connectivity index (χ3n) is 4.77. The Kier molecular flexibility index (Phi) is 6.18. The van der Waals surface area contributed by atoms with Crippen LogP contribution in [0, 0.1) is 5.82 Å². The molecule has 1 unspecified atom stereocenters. The summed E-state index contributed by atoms with van der Waals surface area (Å²) >= 11 is 0. The van der Waals surface area contributed by atoms with Crippen molar-refractivity contribution in [2.45, 2.75) is 18.9 Å². The van der Waals surface area contributed by atoms with Gasteiger partial charge in [-0.3, -0.25) is 9.59 Å². The Labute approximate surface area is 178 Å². The quantitative estimate of drug-likeness (QED) is 0.552. The second kappa shape index (κ2) is 9.36. The van der Waals surface area contributed by atoms with Crippen LogP contribution >= 0.6 is 0 Å². The molecule has 2 aromatic carbocycles. The van der Waals surface area contributed by atoms with Gasteiger partial charge < -0.3 is 20.7 Å². The number of hydrogen-bond donors (Lipinski definition) is 3. The van der Waals surface area contributed by atoms with Crippen molar-refractivity contribution in [1.82, 2.24) is 4.98 Å². The minimum atomic E-state index is -0.408. The highest BCUT2D eigenvalue weighted by atomic mass is 19.1. The fourth-order valence-electron chi connectivity index (χ4n) is 3.23. The predicted octanol–water partition coefficient (Wildman–Crippen LogP) is 4.33. The average molecular weight is 420 g/mol. The molecule has 1 saturated heterocycles. The van der Waals surface area contributed by atoms with Gasteiger partial charge in [-0.05, 0) is 67.4 Å². The first-order valence-electron chi connectivity index (χ1n) is 9.90. The fraction of sp³-hybridized carbons (Fsp3) is 0.174. The lowest BCUT2D eigenvalue weighted by atomic mass is 10.2. The topological polar surface area (TPSA) is 92.4 Å². The number of rotatable bonds is 6. The monoisotopic (exact) mass is 420 g/mol. The molecule has 0 radical (unpaired) electrons. The molecule has 0 spiro atoms. The van der Waals surface area contributed by atoms with Crippen LogP contribution in [0.15, 0.2) is 66.9 Å². The molecular weight excluding hydrogens is 399 g/mol. The number of nitrogens with zero attached hydrogens (tertiary/aromatic N) is 1. The van der Waals surface area contributed by atoms with Crippen LogP contribution < -0.4 is 16.0 Å². The predicted molar refractivity (Wildman–Crippen MR) is 116 cm³/mol. The van der Waals surface area contributed by atoms with Crippen LogP contribution in [0.1, 0.15) is 23.2 Å². The van der Waals surface area contributed by atoms with Crippen molar-refractivity contribution >= 4 is 34.7 Å². The summed E-state index contributed by atoms with van der Waals surface area (Å²) in [5.74, 6) is -0.620. The maximum Gasteiger partial charge on any atom is 0.259 e. The lowest BCUT2D eigenvalue weighted by molar-refractivity contribution is -0.124. The third kappa shape index (κ3) is 5.23. The number of carbonyl (C=O) groups is 2. The largest absolute Gasteiger partial charge is 0.368 e. The maximum atomic E-state index is 13.4. The standard InChI is InChI=1S/C23H21FN4O3/c24-15-4-1-5-18(14-15)26-21-19(6-2-12-25-21)22(29)27-16-8-10-17(11-9-16)28-23(30)20-7-3-13-31-20/h1-2,4-6,8-12,14,20H,3,7,13H2,(H,25,26)(H,27,29)(H,28,30). The van der Waals surface area contributed by atoms with Crippen molar-refractivity contribution in [3.63, 3.8) is 0 Å². The third-order valence-corrected chi connectivity index (χ3v) is 4.77. The number of ether oxygens (including phenoxy) is 1. The van der Waals surface area contributed by atoms with E-state index in [1.807, 2.05) is 0 Å². The Morgan fingerprint density at radius 2 is 1.74 bits per heavy atom. The summed E-state index contributed by atoms with van der Waals surface area (Å²) in [5, 5.41) is 8.58. The molecule has 1 aromatic heterocycles. The van der Waals surface area contributed by atoms with E-state index in [0.29, 0.717) is 35.1 Å². The smallest absolute Gasteiger partial charge is 0.259 e. The van der Waals surface area contributed by atoms with Gasteiger partial charge in [0.2, 0.25) is 0 Å². The zero-order chi connectivity index (χ0) is 21.6. The van der Waals surface area contributed by atoms with E-state index in [9.17, 15) is 14.0 Å². The van der Waals surface area contributed by atoms with Crippen LogP contribution in [0.3, 0.4) is 0 Å². The molecule has 1 aliphatic rings. The summed E-state index contributed by atoms with van der Waals surface area (Å²) in [6, 6.07) is 16.0.